The molecule has 1 aromatic rings. The summed E-state index contributed by atoms with van der Waals surface area (Å²) in [6, 6.07) is 2.16. The Balaban J connectivity index is 1.97. The Kier molecular flexibility index (Phi) is 3.61. The molecule has 16 heavy (non-hydrogen) atoms. The summed E-state index contributed by atoms with van der Waals surface area (Å²) in [6.45, 7) is 6.67. The minimum atomic E-state index is 0.0465. The van der Waals surface area contributed by atoms with E-state index in [2.05, 4.69) is 23.7 Å². The first kappa shape index (κ1) is 11.6. The summed E-state index contributed by atoms with van der Waals surface area (Å²) in [4.78, 5) is 15.3. The highest BCUT2D eigenvalue weighted by Gasteiger charge is 2.30. The fourth-order valence-electron chi connectivity index (χ4n) is 2.07. The number of likely N-dealkylation sites (N-methyl/N-ethyl adjacent to an activating group) is 1. The molecule has 1 unspecified atom stereocenters. The number of thiophene rings is 1. The number of nitrogens with zero attached hydrogens (tertiary/aromatic N) is 1. The van der Waals surface area contributed by atoms with Crippen molar-refractivity contribution in [3.63, 3.8) is 0 Å². The number of aryl methyl sites for hydroxylation is 1. The lowest BCUT2D eigenvalue weighted by atomic mass is 10.2. The van der Waals surface area contributed by atoms with Crippen molar-refractivity contribution in [1.82, 2.24) is 10.2 Å². The lowest BCUT2D eigenvalue weighted by Crippen LogP contribution is -2.37. The molecule has 3 nitrogen and oxygen atoms in total. The van der Waals surface area contributed by atoms with Crippen LogP contribution in [0.1, 0.15) is 23.8 Å². The van der Waals surface area contributed by atoms with Crippen LogP contribution in [0.3, 0.4) is 0 Å². The Morgan fingerprint density at radius 3 is 3.06 bits per heavy atom. The van der Waals surface area contributed by atoms with Crippen LogP contribution < -0.4 is 5.32 Å². The maximum absolute atomic E-state index is 12.0. The van der Waals surface area contributed by atoms with Gasteiger partial charge in [-0.1, -0.05) is 6.92 Å². The highest BCUT2D eigenvalue weighted by Crippen LogP contribution is 2.21. The second-order valence-corrected chi connectivity index (χ2v) is 5.19. The molecule has 0 aliphatic carbocycles. The van der Waals surface area contributed by atoms with Crippen molar-refractivity contribution in [2.75, 3.05) is 13.1 Å². The van der Waals surface area contributed by atoms with Gasteiger partial charge in [0.25, 0.3) is 0 Å². The molecule has 1 aromatic heterocycles. The average Bonchev–Trinajstić information content (AvgIpc) is 2.80. The topological polar surface area (TPSA) is 32.3 Å². The van der Waals surface area contributed by atoms with E-state index in [4.69, 9.17) is 0 Å². The van der Waals surface area contributed by atoms with Crippen molar-refractivity contribution >= 4 is 17.2 Å². The molecule has 1 amide bonds. The van der Waals surface area contributed by atoms with Crippen LogP contribution >= 0.6 is 11.3 Å². The highest BCUT2D eigenvalue weighted by atomic mass is 32.1. The summed E-state index contributed by atoms with van der Waals surface area (Å²) in [5.74, 6) is 0.259. The quantitative estimate of drug-likeness (QED) is 0.867. The van der Waals surface area contributed by atoms with Gasteiger partial charge in [0.15, 0.2) is 0 Å². The zero-order valence-electron chi connectivity index (χ0n) is 9.82. The Bertz CT molecular complexity index is 375. The SMILES string of the molecule is CCNC1CCN(Cc2sccc2C)C1=O. The zero-order valence-corrected chi connectivity index (χ0v) is 10.6. The Morgan fingerprint density at radius 1 is 1.62 bits per heavy atom. The third-order valence-electron chi connectivity index (χ3n) is 3.05. The second-order valence-electron chi connectivity index (χ2n) is 4.19. The van der Waals surface area contributed by atoms with E-state index in [1.165, 1.54) is 10.4 Å². The van der Waals surface area contributed by atoms with Crippen LogP contribution in [0, 0.1) is 6.92 Å². The van der Waals surface area contributed by atoms with Gasteiger partial charge in [0.05, 0.1) is 12.6 Å². The molecule has 88 valence electrons. The summed E-state index contributed by atoms with van der Waals surface area (Å²) >= 11 is 1.74. The fraction of sp³-hybridized carbons (Fsp3) is 0.583. The van der Waals surface area contributed by atoms with Crippen molar-refractivity contribution in [2.24, 2.45) is 0 Å². The van der Waals surface area contributed by atoms with Crippen molar-refractivity contribution in [3.8, 4) is 0 Å². The molecule has 0 saturated carbocycles. The van der Waals surface area contributed by atoms with Gasteiger partial charge in [-0.05, 0) is 36.9 Å². The first-order chi connectivity index (χ1) is 7.72. The Labute approximate surface area is 100 Å². The van der Waals surface area contributed by atoms with Crippen LogP contribution in [0.2, 0.25) is 0 Å². The monoisotopic (exact) mass is 238 g/mol. The largest absolute Gasteiger partial charge is 0.336 e. The van der Waals surface area contributed by atoms with Gasteiger partial charge in [-0.2, -0.15) is 0 Å². The maximum Gasteiger partial charge on any atom is 0.240 e. The molecule has 1 fully saturated rings. The molecule has 1 aliphatic heterocycles. The van der Waals surface area contributed by atoms with Crippen molar-refractivity contribution in [1.29, 1.82) is 0 Å². The standard InChI is InChI=1S/C12H18N2OS/c1-3-13-10-4-6-14(12(10)15)8-11-9(2)5-7-16-11/h5,7,10,13H,3-4,6,8H2,1-2H3. The molecule has 2 rings (SSSR count). The summed E-state index contributed by atoms with van der Waals surface area (Å²) in [6.07, 6.45) is 0.942. The van der Waals surface area contributed by atoms with Gasteiger partial charge in [0.1, 0.15) is 0 Å². The molecule has 1 N–H and O–H groups in total. The molecule has 1 saturated heterocycles. The predicted molar refractivity (Wildman–Crippen MR) is 66.6 cm³/mol. The second kappa shape index (κ2) is 4.97. The van der Waals surface area contributed by atoms with Gasteiger partial charge in [0.2, 0.25) is 5.91 Å². The van der Waals surface area contributed by atoms with E-state index in [1.54, 1.807) is 11.3 Å². The number of rotatable bonds is 4. The molecule has 0 spiro atoms. The van der Waals surface area contributed by atoms with Crippen LogP contribution in [0.4, 0.5) is 0 Å². The first-order valence-corrected chi connectivity index (χ1v) is 6.65. The lowest BCUT2D eigenvalue weighted by Gasteiger charge is -2.16. The molecule has 0 bridgehead atoms. The smallest absolute Gasteiger partial charge is 0.240 e. The molecule has 1 atom stereocenters. The first-order valence-electron chi connectivity index (χ1n) is 5.77. The van der Waals surface area contributed by atoms with Gasteiger partial charge in [0, 0.05) is 11.4 Å². The summed E-state index contributed by atoms with van der Waals surface area (Å²) in [7, 11) is 0. The van der Waals surface area contributed by atoms with Crippen LogP contribution in [0.15, 0.2) is 11.4 Å². The van der Waals surface area contributed by atoms with Crippen molar-refractivity contribution in [3.05, 3.63) is 21.9 Å². The number of likely N-dealkylation sites (tertiary alicyclic amines) is 1. The Hall–Kier alpha value is -0.870. The van der Waals surface area contributed by atoms with Gasteiger partial charge < -0.3 is 10.2 Å². The van der Waals surface area contributed by atoms with E-state index < -0.39 is 0 Å². The molecular weight excluding hydrogens is 220 g/mol. The lowest BCUT2D eigenvalue weighted by molar-refractivity contribution is -0.129. The number of carbonyl (C=O) groups excluding carboxylic acids is 1. The highest BCUT2D eigenvalue weighted by molar-refractivity contribution is 7.10. The van der Waals surface area contributed by atoms with E-state index in [9.17, 15) is 4.79 Å². The summed E-state index contributed by atoms with van der Waals surface area (Å²) in [5, 5.41) is 5.32. The van der Waals surface area contributed by atoms with Crippen molar-refractivity contribution in [2.45, 2.75) is 32.9 Å². The van der Waals surface area contributed by atoms with Crippen LogP contribution in [-0.4, -0.2) is 29.9 Å². The van der Waals surface area contributed by atoms with E-state index in [0.29, 0.717) is 0 Å². The number of hydrogen-bond donors (Lipinski definition) is 1. The van der Waals surface area contributed by atoms with Crippen LogP contribution in [0.25, 0.3) is 0 Å². The van der Waals surface area contributed by atoms with E-state index in [1.807, 2.05) is 11.8 Å². The predicted octanol–water partition coefficient (Wildman–Crippen LogP) is 1.77. The number of carbonyl (C=O) groups is 1. The molecule has 0 radical (unpaired) electrons. The maximum atomic E-state index is 12.0. The Morgan fingerprint density at radius 2 is 2.44 bits per heavy atom. The van der Waals surface area contributed by atoms with Crippen LogP contribution in [0.5, 0.6) is 0 Å². The third kappa shape index (κ3) is 2.28. The molecule has 1 aliphatic rings. The summed E-state index contributed by atoms with van der Waals surface area (Å²) < 4.78 is 0. The molecule has 2 heterocycles. The zero-order chi connectivity index (χ0) is 11.5. The minimum absolute atomic E-state index is 0.0465. The van der Waals surface area contributed by atoms with Gasteiger partial charge >= 0.3 is 0 Å². The molecule has 4 heteroatoms. The van der Waals surface area contributed by atoms with E-state index in [0.717, 1.165) is 26.1 Å². The molecular formula is C12H18N2OS. The van der Waals surface area contributed by atoms with Gasteiger partial charge in [-0.3, -0.25) is 4.79 Å². The van der Waals surface area contributed by atoms with E-state index >= 15 is 0 Å². The number of amides is 1. The number of nitrogens with one attached hydrogen (secondary N) is 1. The van der Waals surface area contributed by atoms with Crippen LogP contribution in [-0.2, 0) is 11.3 Å². The van der Waals surface area contributed by atoms with E-state index in [-0.39, 0.29) is 11.9 Å². The minimum Gasteiger partial charge on any atom is -0.336 e. The normalized spacial score (nSPS) is 20.8. The average molecular weight is 238 g/mol. The number of hydrogen-bond acceptors (Lipinski definition) is 3. The summed E-state index contributed by atoms with van der Waals surface area (Å²) in [5.41, 5.74) is 1.30. The van der Waals surface area contributed by atoms with Gasteiger partial charge in [-0.15, -0.1) is 11.3 Å². The molecule has 0 aromatic carbocycles. The van der Waals surface area contributed by atoms with Crippen molar-refractivity contribution < 1.29 is 4.79 Å². The van der Waals surface area contributed by atoms with Gasteiger partial charge in [-0.25, -0.2) is 0 Å². The third-order valence-corrected chi connectivity index (χ3v) is 4.06. The fourth-order valence-corrected chi connectivity index (χ4v) is 2.99.